The molecule has 5 heteroatoms. The van der Waals surface area contributed by atoms with E-state index in [1.54, 1.807) is 6.20 Å². The van der Waals surface area contributed by atoms with Gasteiger partial charge in [-0.15, -0.1) is 0 Å². The maximum absolute atomic E-state index is 12.1. The van der Waals surface area contributed by atoms with Crippen LogP contribution in [0.2, 0.25) is 0 Å². The molecule has 0 bridgehead atoms. The third-order valence-corrected chi connectivity index (χ3v) is 4.45. The SMILES string of the molecule is O=C1CCC(CCNCCOc2ccccc2)CN1c1ccccn1. The molecule has 1 N–H and O–H groups in total. The summed E-state index contributed by atoms with van der Waals surface area (Å²) in [6.45, 7) is 3.18. The summed E-state index contributed by atoms with van der Waals surface area (Å²) in [6.07, 6.45) is 4.37. The lowest BCUT2D eigenvalue weighted by molar-refractivity contribution is -0.120. The number of ether oxygens (including phenoxy) is 1. The van der Waals surface area contributed by atoms with Gasteiger partial charge in [0.15, 0.2) is 0 Å². The van der Waals surface area contributed by atoms with E-state index in [-0.39, 0.29) is 5.91 Å². The summed E-state index contributed by atoms with van der Waals surface area (Å²) < 4.78 is 5.66. The third kappa shape index (κ3) is 5.29. The molecule has 0 radical (unpaired) electrons. The Bertz CT molecular complexity index is 649. The number of carbonyl (C=O) groups is 1. The summed E-state index contributed by atoms with van der Waals surface area (Å²) in [5.74, 6) is 2.36. The van der Waals surface area contributed by atoms with E-state index in [4.69, 9.17) is 4.74 Å². The van der Waals surface area contributed by atoms with Crippen molar-refractivity contribution in [1.29, 1.82) is 0 Å². The Hall–Kier alpha value is -2.40. The van der Waals surface area contributed by atoms with Gasteiger partial charge in [0.25, 0.3) is 0 Å². The van der Waals surface area contributed by atoms with Crippen molar-refractivity contribution in [3.8, 4) is 5.75 Å². The smallest absolute Gasteiger partial charge is 0.228 e. The molecule has 1 aliphatic heterocycles. The summed E-state index contributed by atoms with van der Waals surface area (Å²) in [5, 5.41) is 3.42. The molecule has 0 aliphatic carbocycles. The van der Waals surface area contributed by atoms with Gasteiger partial charge in [0.1, 0.15) is 18.2 Å². The molecule has 132 valence electrons. The molecule has 1 atom stereocenters. The summed E-state index contributed by atoms with van der Waals surface area (Å²) in [7, 11) is 0. The molecular formula is C20H25N3O2. The number of rotatable bonds is 8. The molecule has 2 aromatic rings. The van der Waals surface area contributed by atoms with E-state index < -0.39 is 0 Å². The molecule has 0 spiro atoms. The van der Waals surface area contributed by atoms with Crippen LogP contribution >= 0.6 is 0 Å². The van der Waals surface area contributed by atoms with Crippen LogP contribution in [-0.2, 0) is 4.79 Å². The molecular weight excluding hydrogens is 314 g/mol. The molecule has 3 rings (SSSR count). The number of hydrogen-bond donors (Lipinski definition) is 1. The number of para-hydroxylation sites is 1. The number of amides is 1. The molecule has 2 heterocycles. The Morgan fingerprint density at radius 2 is 1.96 bits per heavy atom. The fourth-order valence-corrected chi connectivity index (χ4v) is 3.07. The highest BCUT2D eigenvalue weighted by molar-refractivity contribution is 5.93. The van der Waals surface area contributed by atoms with Gasteiger partial charge in [-0.3, -0.25) is 9.69 Å². The number of carbonyl (C=O) groups excluding carboxylic acids is 1. The van der Waals surface area contributed by atoms with Gasteiger partial charge in [-0.05, 0) is 49.6 Å². The summed E-state index contributed by atoms with van der Waals surface area (Å²) in [5.41, 5.74) is 0. The number of nitrogens with zero attached hydrogens (tertiary/aromatic N) is 2. The lowest BCUT2D eigenvalue weighted by Gasteiger charge is -2.32. The van der Waals surface area contributed by atoms with Crippen molar-refractivity contribution in [2.45, 2.75) is 19.3 Å². The number of nitrogens with one attached hydrogen (secondary N) is 1. The Kier molecular flexibility index (Phi) is 6.40. The highest BCUT2D eigenvalue weighted by atomic mass is 16.5. The van der Waals surface area contributed by atoms with Crippen molar-refractivity contribution in [2.24, 2.45) is 5.92 Å². The lowest BCUT2D eigenvalue weighted by atomic mass is 9.94. The van der Waals surface area contributed by atoms with E-state index >= 15 is 0 Å². The van der Waals surface area contributed by atoms with Crippen molar-refractivity contribution in [3.63, 3.8) is 0 Å². The van der Waals surface area contributed by atoms with Crippen LogP contribution in [0, 0.1) is 5.92 Å². The van der Waals surface area contributed by atoms with Crippen molar-refractivity contribution < 1.29 is 9.53 Å². The van der Waals surface area contributed by atoms with Crippen LogP contribution < -0.4 is 15.0 Å². The Labute approximate surface area is 149 Å². The quantitative estimate of drug-likeness (QED) is 0.752. The van der Waals surface area contributed by atoms with E-state index in [1.165, 1.54) is 0 Å². The van der Waals surface area contributed by atoms with Gasteiger partial charge in [0.2, 0.25) is 5.91 Å². The van der Waals surface area contributed by atoms with E-state index in [9.17, 15) is 4.79 Å². The van der Waals surface area contributed by atoms with Crippen LogP contribution in [0.5, 0.6) is 5.75 Å². The average Bonchev–Trinajstić information content (AvgIpc) is 2.67. The zero-order valence-electron chi connectivity index (χ0n) is 14.4. The summed E-state index contributed by atoms with van der Waals surface area (Å²) in [6, 6.07) is 15.6. The van der Waals surface area contributed by atoms with Crippen LogP contribution in [0.15, 0.2) is 54.7 Å². The van der Waals surface area contributed by atoms with Gasteiger partial charge in [-0.1, -0.05) is 24.3 Å². The fraction of sp³-hybridized carbons (Fsp3) is 0.400. The van der Waals surface area contributed by atoms with Crippen molar-refractivity contribution in [2.75, 3.05) is 31.1 Å². The molecule has 1 fully saturated rings. The normalized spacial score (nSPS) is 17.5. The van der Waals surface area contributed by atoms with Crippen LogP contribution in [0.25, 0.3) is 0 Å². The lowest BCUT2D eigenvalue weighted by Crippen LogP contribution is -2.41. The van der Waals surface area contributed by atoms with Gasteiger partial charge < -0.3 is 10.1 Å². The second-order valence-electron chi connectivity index (χ2n) is 6.30. The zero-order chi connectivity index (χ0) is 17.3. The zero-order valence-corrected chi connectivity index (χ0v) is 14.4. The Morgan fingerprint density at radius 1 is 1.12 bits per heavy atom. The third-order valence-electron chi connectivity index (χ3n) is 4.45. The minimum Gasteiger partial charge on any atom is -0.492 e. The molecule has 1 aromatic heterocycles. The molecule has 0 saturated carbocycles. The molecule has 1 saturated heterocycles. The number of anilines is 1. The maximum atomic E-state index is 12.1. The molecule has 25 heavy (non-hydrogen) atoms. The number of pyridine rings is 1. The van der Waals surface area contributed by atoms with Gasteiger partial charge in [0.05, 0.1) is 0 Å². The molecule has 1 unspecified atom stereocenters. The first-order valence-corrected chi connectivity index (χ1v) is 8.93. The van der Waals surface area contributed by atoms with E-state index in [0.29, 0.717) is 18.9 Å². The first kappa shape index (κ1) is 17.4. The summed E-state index contributed by atoms with van der Waals surface area (Å²) in [4.78, 5) is 18.3. The minimum atomic E-state index is 0.180. The number of benzene rings is 1. The largest absolute Gasteiger partial charge is 0.492 e. The van der Waals surface area contributed by atoms with Crippen LogP contribution in [0.4, 0.5) is 5.82 Å². The highest BCUT2D eigenvalue weighted by Crippen LogP contribution is 2.24. The second kappa shape index (κ2) is 9.18. The van der Waals surface area contributed by atoms with Crippen molar-refractivity contribution >= 4 is 11.7 Å². The predicted octanol–water partition coefficient (Wildman–Crippen LogP) is 2.88. The highest BCUT2D eigenvalue weighted by Gasteiger charge is 2.26. The Balaban J connectivity index is 1.35. The van der Waals surface area contributed by atoms with Gasteiger partial charge >= 0.3 is 0 Å². The van der Waals surface area contributed by atoms with Crippen LogP contribution in [-0.4, -0.2) is 37.1 Å². The number of aromatic nitrogens is 1. The predicted molar refractivity (Wildman–Crippen MR) is 98.7 cm³/mol. The van der Waals surface area contributed by atoms with E-state index in [2.05, 4.69) is 10.3 Å². The van der Waals surface area contributed by atoms with E-state index in [0.717, 1.165) is 44.0 Å². The monoisotopic (exact) mass is 339 g/mol. The van der Waals surface area contributed by atoms with E-state index in [1.807, 2.05) is 53.4 Å². The number of hydrogen-bond acceptors (Lipinski definition) is 4. The van der Waals surface area contributed by atoms with Gasteiger partial charge in [-0.2, -0.15) is 0 Å². The first-order valence-electron chi connectivity index (χ1n) is 8.93. The topological polar surface area (TPSA) is 54.5 Å². The molecule has 1 amide bonds. The number of piperidine rings is 1. The second-order valence-corrected chi connectivity index (χ2v) is 6.30. The van der Waals surface area contributed by atoms with Crippen molar-refractivity contribution in [1.82, 2.24) is 10.3 Å². The molecule has 1 aromatic carbocycles. The fourth-order valence-electron chi connectivity index (χ4n) is 3.07. The maximum Gasteiger partial charge on any atom is 0.228 e. The standard InChI is InChI=1S/C20H25N3O2/c24-20-10-9-17(16-23(20)19-8-4-5-12-22-19)11-13-21-14-15-25-18-6-2-1-3-7-18/h1-8,12,17,21H,9-11,13-16H2. The summed E-state index contributed by atoms with van der Waals surface area (Å²) >= 11 is 0. The van der Waals surface area contributed by atoms with Crippen LogP contribution in [0.3, 0.4) is 0 Å². The first-order chi connectivity index (χ1) is 12.3. The van der Waals surface area contributed by atoms with Gasteiger partial charge in [-0.25, -0.2) is 4.98 Å². The Morgan fingerprint density at radius 3 is 2.76 bits per heavy atom. The molecule has 5 nitrogen and oxygen atoms in total. The molecule has 1 aliphatic rings. The van der Waals surface area contributed by atoms with Crippen molar-refractivity contribution in [3.05, 3.63) is 54.7 Å². The minimum absolute atomic E-state index is 0.180. The van der Waals surface area contributed by atoms with Crippen LogP contribution in [0.1, 0.15) is 19.3 Å². The average molecular weight is 339 g/mol. The van der Waals surface area contributed by atoms with Gasteiger partial charge in [0, 0.05) is 25.7 Å².